The molecule has 0 aromatic heterocycles. The number of amides is 1. The third-order valence-corrected chi connectivity index (χ3v) is 4.59. The standard InChI is InChI=1S/C20H19F3N2O3/c1-13(26)15-4-7-18(17(21)12-15)24-8-10-25(11-9-24)19(27)14-2-5-16(6-3-14)28-20(22)23/h2-7,12,20H,8-11H2,1H3. The maximum absolute atomic E-state index is 14.3. The van der Waals surface area contributed by atoms with Crippen molar-refractivity contribution >= 4 is 17.4 Å². The van der Waals surface area contributed by atoms with E-state index >= 15 is 0 Å². The Labute approximate surface area is 160 Å². The minimum absolute atomic E-state index is 0.0131. The first-order valence-electron chi connectivity index (χ1n) is 8.75. The van der Waals surface area contributed by atoms with Crippen LogP contribution in [0.1, 0.15) is 27.6 Å². The Balaban J connectivity index is 1.62. The number of nitrogens with zero attached hydrogens (tertiary/aromatic N) is 2. The molecule has 0 atom stereocenters. The van der Waals surface area contributed by atoms with Crippen molar-refractivity contribution in [3.8, 4) is 5.75 Å². The van der Waals surface area contributed by atoms with Gasteiger partial charge in [-0.15, -0.1) is 0 Å². The van der Waals surface area contributed by atoms with E-state index in [4.69, 9.17) is 0 Å². The zero-order chi connectivity index (χ0) is 20.3. The third kappa shape index (κ3) is 4.44. The Kier molecular flexibility index (Phi) is 5.87. The Morgan fingerprint density at radius 3 is 2.11 bits per heavy atom. The normalized spacial score (nSPS) is 14.3. The molecule has 0 saturated carbocycles. The van der Waals surface area contributed by atoms with E-state index in [-0.39, 0.29) is 17.4 Å². The van der Waals surface area contributed by atoms with Crippen molar-refractivity contribution < 1.29 is 27.5 Å². The first-order valence-corrected chi connectivity index (χ1v) is 8.75. The summed E-state index contributed by atoms with van der Waals surface area (Å²) in [4.78, 5) is 27.4. The molecule has 1 amide bonds. The zero-order valence-corrected chi connectivity index (χ0v) is 15.2. The number of Topliss-reactive ketones (excluding diaryl/α,β-unsaturated/α-hetero) is 1. The molecule has 0 bridgehead atoms. The number of anilines is 1. The summed E-state index contributed by atoms with van der Waals surface area (Å²) in [6, 6.07) is 9.90. The van der Waals surface area contributed by atoms with Gasteiger partial charge < -0.3 is 14.5 Å². The lowest BCUT2D eigenvalue weighted by Gasteiger charge is -2.36. The molecule has 1 aliphatic rings. The van der Waals surface area contributed by atoms with Gasteiger partial charge in [0, 0.05) is 37.3 Å². The fraction of sp³-hybridized carbons (Fsp3) is 0.300. The first-order chi connectivity index (χ1) is 13.3. The largest absolute Gasteiger partial charge is 0.435 e. The van der Waals surface area contributed by atoms with Crippen LogP contribution in [0.2, 0.25) is 0 Å². The smallest absolute Gasteiger partial charge is 0.387 e. The van der Waals surface area contributed by atoms with E-state index in [1.807, 2.05) is 4.90 Å². The van der Waals surface area contributed by atoms with Gasteiger partial charge in [-0.2, -0.15) is 8.78 Å². The molecule has 1 heterocycles. The fourth-order valence-corrected chi connectivity index (χ4v) is 3.09. The molecule has 0 spiro atoms. The molecule has 5 nitrogen and oxygen atoms in total. The molecule has 28 heavy (non-hydrogen) atoms. The number of alkyl halides is 2. The van der Waals surface area contributed by atoms with E-state index in [1.54, 1.807) is 17.0 Å². The van der Waals surface area contributed by atoms with Crippen LogP contribution in [0.15, 0.2) is 42.5 Å². The summed E-state index contributed by atoms with van der Waals surface area (Å²) in [6.45, 7) is 0.123. The predicted octanol–water partition coefficient (Wildman–Crippen LogP) is 3.59. The SMILES string of the molecule is CC(=O)c1ccc(N2CCN(C(=O)c3ccc(OC(F)F)cc3)CC2)c(F)c1. The number of hydrogen-bond donors (Lipinski definition) is 0. The van der Waals surface area contributed by atoms with Crippen molar-refractivity contribution in [2.75, 3.05) is 31.1 Å². The van der Waals surface area contributed by atoms with Gasteiger partial charge in [-0.3, -0.25) is 9.59 Å². The second kappa shape index (κ2) is 8.33. The van der Waals surface area contributed by atoms with Crippen molar-refractivity contribution in [1.29, 1.82) is 0 Å². The molecule has 148 valence electrons. The lowest BCUT2D eigenvalue weighted by molar-refractivity contribution is -0.0498. The number of rotatable bonds is 5. The van der Waals surface area contributed by atoms with Gasteiger partial charge in [0.25, 0.3) is 5.91 Å². The van der Waals surface area contributed by atoms with E-state index in [9.17, 15) is 22.8 Å². The van der Waals surface area contributed by atoms with Crippen LogP contribution in [0, 0.1) is 5.82 Å². The van der Waals surface area contributed by atoms with Crippen LogP contribution in [0.25, 0.3) is 0 Å². The maximum Gasteiger partial charge on any atom is 0.387 e. The van der Waals surface area contributed by atoms with Crippen LogP contribution in [0.5, 0.6) is 5.75 Å². The van der Waals surface area contributed by atoms with Gasteiger partial charge in [-0.05, 0) is 49.4 Å². The molecule has 0 radical (unpaired) electrons. The third-order valence-electron chi connectivity index (χ3n) is 4.59. The highest BCUT2D eigenvalue weighted by molar-refractivity contribution is 5.95. The second-order valence-corrected chi connectivity index (χ2v) is 6.40. The molecule has 1 saturated heterocycles. The topological polar surface area (TPSA) is 49.9 Å². The first kappa shape index (κ1) is 19.7. The second-order valence-electron chi connectivity index (χ2n) is 6.40. The number of carbonyl (C=O) groups is 2. The van der Waals surface area contributed by atoms with Gasteiger partial charge in [0.1, 0.15) is 11.6 Å². The van der Waals surface area contributed by atoms with E-state index in [0.29, 0.717) is 43.0 Å². The Morgan fingerprint density at radius 2 is 1.57 bits per heavy atom. The summed E-state index contributed by atoms with van der Waals surface area (Å²) in [7, 11) is 0. The molecule has 0 aliphatic carbocycles. The minimum Gasteiger partial charge on any atom is -0.435 e. The molecule has 0 unspecified atom stereocenters. The molecule has 2 aromatic rings. The molecule has 1 aliphatic heterocycles. The number of carbonyl (C=O) groups excluding carboxylic acids is 2. The highest BCUT2D eigenvalue weighted by Gasteiger charge is 2.24. The van der Waals surface area contributed by atoms with Crippen molar-refractivity contribution in [2.24, 2.45) is 0 Å². The van der Waals surface area contributed by atoms with E-state index < -0.39 is 12.4 Å². The summed E-state index contributed by atoms with van der Waals surface area (Å²) < 4.78 is 43.0. The van der Waals surface area contributed by atoms with Gasteiger partial charge in [0.2, 0.25) is 0 Å². The van der Waals surface area contributed by atoms with Crippen LogP contribution >= 0.6 is 0 Å². The van der Waals surface area contributed by atoms with Crippen LogP contribution in [-0.4, -0.2) is 49.4 Å². The van der Waals surface area contributed by atoms with Gasteiger partial charge in [0.15, 0.2) is 5.78 Å². The molecule has 2 aromatic carbocycles. The molecule has 3 rings (SSSR count). The van der Waals surface area contributed by atoms with E-state index in [0.717, 1.165) is 0 Å². The summed E-state index contributed by atoms with van der Waals surface area (Å²) in [5.74, 6) is -0.913. The van der Waals surface area contributed by atoms with Crippen LogP contribution in [0.3, 0.4) is 0 Å². The number of halogens is 3. The summed E-state index contributed by atoms with van der Waals surface area (Å²) in [5.41, 5.74) is 1.08. The highest BCUT2D eigenvalue weighted by atomic mass is 19.3. The number of ether oxygens (including phenoxy) is 1. The number of benzene rings is 2. The summed E-state index contributed by atoms with van der Waals surface area (Å²) in [6.07, 6.45) is 0. The minimum atomic E-state index is -2.92. The monoisotopic (exact) mass is 392 g/mol. The van der Waals surface area contributed by atoms with Crippen molar-refractivity contribution in [1.82, 2.24) is 4.90 Å². The number of hydrogen-bond acceptors (Lipinski definition) is 4. The lowest BCUT2D eigenvalue weighted by atomic mass is 10.1. The Bertz CT molecular complexity index is 863. The van der Waals surface area contributed by atoms with Gasteiger partial charge in [-0.25, -0.2) is 4.39 Å². The van der Waals surface area contributed by atoms with Gasteiger partial charge in [0.05, 0.1) is 5.69 Å². The number of piperazine rings is 1. The average Bonchev–Trinajstić information content (AvgIpc) is 2.67. The van der Waals surface area contributed by atoms with Crippen LogP contribution in [0.4, 0.5) is 18.9 Å². The summed E-state index contributed by atoms with van der Waals surface area (Å²) in [5, 5.41) is 0. The molecule has 1 fully saturated rings. The van der Waals surface area contributed by atoms with E-state index in [1.165, 1.54) is 37.3 Å². The van der Waals surface area contributed by atoms with Gasteiger partial charge >= 0.3 is 6.61 Å². The van der Waals surface area contributed by atoms with E-state index in [2.05, 4.69) is 4.74 Å². The van der Waals surface area contributed by atoms with Crippen LogP contribution < -0.4 is 9.64 Å². The Hall–Kier alpha value is -3.03. The zero-order valence-electron chi connectivity index (χ0n) is 15.2. The van der Waals surface area contributed by atoms with Crippen LogP contribution in [-0.2, 0) is 0 Å². The predicted molar refractivity (Wildman–Crippen MR) is 97.6 cm³/mol. The summed E-state index contributed by atoms with van der Waals surface area (Å²) >= 11 is 0. The molecule has 8 heteroatoms. The van der Waals surface area contributed by atoms with Crippen molar-refractivity contribution in [2.45, 2.75) is 13.5 Å². The quantitative estimate of drug-likeness (QED) is 0.730. The fourth-order valence-electron chi connectivity index (χ4n) is 3.09. The lowest BCUT2D eigenvalue weighted by Crippen LogP contribution is -2.49. The Morgan fingerprint density at radius 1 is 0.964 bits per heavy atom. The van der Waals surface area contributed by atoms with Crippen molar-refractivity contribution in [3.05, 3.63) is 59.4 Å². The molecule has 0 N–H and O–H groups in total. The maximum atomic E-state index is 14.3. The molecular weight excluding hydrogens is 373 g/mol. The highest BCUT2D eigenvalue weighted by Crippen LogP contribution is 2.23. The van der Waals surface area contributed by atoms with Crippen molar-refractivity contribution in [3.63, 3.8) is 0 Å². The average molecular weight is 392 g/mol. The van der Waals surface area contributed by atoms with Gasteiger partial charge in [-0.1, -0.05) is 0 Å². The number of ketones is 1. The molecular formula is C20H19F3N2O3.